The van der Waals surface area contributed by atoms with E-state index < -0.39 is 10.0 Å². The standard InChI is InChI=1S/C22H21N3O4S2/c1-29-16-8-5-7-15(13-16)20-14-19(23-25(20)22(26)21-11-6-12-30-21)17-9-3-4-10-18(17)24-31(2,27)28/h3-13,20,24H,14H2,1-2H3/t20-/m0/s1. The molecule has 0 fully saturated rings. The molecule has 1 atom stereocenters. The monoisotopic (exact) mass is 455 g/mol. The van der Waals surface area contributed by atoms with E-state index in [9.17, 15) is 13.2 Å². The third-order valence-electron chi connectivity index (χ3n) is 4.86. The number of carbonyl (C=O) groups excluding carboxylic acids is 1. The van der Waals surface area contributed by atoms with Crippen LogP contribution in [0.15, 0.2) is 71.1 Å². The maximum absolute atomic E-state index is 13.2. The third-order valence-corrected chi connectivity index (χ3v) is 6.31. The van der Waals surface area contributed by atoms with E-state index in [0.717, 1.165) is 11.8 Å². The molecule has 0 bridgehead atoms. The van der Waals surface area contributed by atoms with Gasteiger partial charge in [0, 0.05) is 12.0 Å². The van der Waals surface area contributed by atoms with Crippen molar-refractivity contribution in [3.63, 3.8) is 0 Å². The summed E-state index contributed by atoms with van der Waals surface area (Å²) in [7, 11) is -1.88. The van der Waals surface area contributed by atoms with Crippen LogP contribution < -0.4 is 9.46 Å². The zero-order chi connectivity index (χ0) is 22.0. The molecular weight excluding hydrogens is 434 g/mol. The number of hydrazone groups is 1. The fourth-order valence-electron chi connectivity index (χ4n) is 3.51. The summed E-state index contributed by atoms with van der Waals surface area (Å²) in [6.45, 7) is 0. The number of benzene rings is 2. The number of sulfonamides is 1. The predicted molar refractivity (Wildman–Crippen MR) is 122 cm³/mol. The van der Waals surface area contributed by atoms with Crippen molar-refractivity contribution in [2.75, 3.05) is 18.1 Å². The number of nitrogens with one attached hydrogen (secondary N) is 1. The van der Waals surface area contributed by atoms with Gasteiger partial charge in [-0.15, -0.1) is 11.3 Å². The molecule has 0 spiro atoms. The lowest BCUT2D eigenvalue weighted by molar-refractivity contribution is 0.0716. The number of para-hydroxylation sites is 1. The van der Waals surface area contributed by atoms with Crippen molar-refractivity contribution < 1.29 is 17.9 Å². The lowest BCUT2D eigenvalue weighted by Gasteiger charge is -2.22. The number of ether oxygens (including phenoxy) is 1. The highest BCUT2D eigenvalue weighted by Crippen LogP contribution is 2.37. The highest BCUT2D eigenvalue weighted by atomic mass is 32.2. The van der Waals surface area contributed by atoms with Gasteiger partial charge in [-0.05, 0) is 35.2 Å². The van der Waals surface area contributed by atoms with Gasteiger partial charge >= 0.3 is 0 Å². The Morgan fingerprint density at radius 3 is 2.68 bits per heavy atom. The van der Waals surface area contributed by atoms with Gasteiger partial charge in [-0.25, -0.2) is 13.4 Å². The van der Waals surface area contributed by atoms with E-state index >= 15 is 0 Å². The molecule has 1 aliphatic rings. The minimum absolute atomic E-state index is 0.202. The van der Waals surface area contributed by atoms with Crippen LogP contribution in [0.1, 0.15) is 33.3 Å². The number of rotatable bonds is 6. The molecule has 160 valence electrons. The molecular formula is C22H21N3O4S2. The van der Waals surface area contributed by atoms with Crippen molar-refractivity contribution in [3.05, 3.63) is 82.0 Å². The molecule has 1 aliphatic heterocycles. The van der Waals surface area contributed by atoms with Crippen LogP contribution in [0.2, 0.25) is 0 Å². The lowest BCUT2D eigenvalue weighted by Crippen LogP contribution is -2.26. The summed E-state index contributed by atoms with van der Waals surface area (Å²) >= 11 is 1.35. The lowest BCUT2D eigenvalue weighted by atomic mass is 9.97. The largest absolute Gasteiger partial charge is 0.497 e. The van der Waals surface area contributed by atoms with E-state index in [4.69, 9.17) is 4.74 Å². The molecule has 31 heavy (non-hydrogen) atoms. The molecule has 0 saturated carbocycles. The maximum atomic E-state index is 13.2. The summed E-state index contributed by atoms with van der Waals surface area (Å²) in [5, 5.41) is 7.98. The third kappa shape index (κ3) is 4.62. The Morgan fingerprint density at radius 2 is 1.97 bits per heavy atom. The van der Waals surface area contributed by atoms with E-state index in [0.29, 0.717) is 34.0 Å². The summed E-state index contributed by atoms with van der Waals surface area (Å²) < 4.78 is 31.5. The fourth-order valence-corrected chi connectivity index (χ4v) is 4.74. The molecule has 0 aliphatic carbocycles. The molecule has 1 N–H and O–H groups in total. The van der Waals surface area contributed by atoms with Crippen LogP contribution in [0, 0.1) is 0 Å². The number of hydrogen-bond donors (Lipinski definition) is 1. The second-order valence-corrected chi connectivity index (χ2v) is 9.79. The van der Waals surface area contributed by atoms with Crippen LogP contribution in [0.5, 0.6) is 5.75 Å². The van der Waals surface area contributed by atoms with Gasteiger partial charge in [0.25, 0.3) is 5.91 Å². The van der Waals surface area contributed by atoms with E-state index in [1.165, 1.54) is 16.3 Å². The summed E-state index contributed by atoms with van der Waals surface area (Å²) in [5.41, 5.74) is 2.59. The zero-order valence-corrected chi connectivity index (χ0v) is 18.6. The Hall–Kier alpha value is -3.17. The molecule has 1 aromatic heterocycles. The number of anilines is 1. The number of thiophene rings is 1. The normalized spacial score (nSPS) is 16.1. The second kappa shape index (κ2) is 8.52. The number of carbonyl (C=O) groups is 1. The van der Waals surface area contributed by atoms with Gasteiger partial charge in [-0.2, -0.15) is 5.10 Å². The Kier molecular flexibility index (Phi) is 5.79. The van der Waals surface area contributed by atoms with Gasteiger partial charge in [0.15, 0.2) is 0 Å². The van der Waals surface area contributed by atoms with Crippen LogP contribution in [0.25, 0.3) is 0 Å². The Morgan fingerprint density at radius 1 is 1.16 bits per heavy atom. The first kappa shape index (κ1) is 21.1. The first-order valence-electron chi connectivity index (χ1n) is 9.51. The van der Waals surface area contributed by atoms with Crippen molar-refractivity contribution in [1.82, 2.24) is 5.01 Å². The molecule has 3 aromatic rings. The molecule has 2 heterocycles. The van der Waals surface area contributed by atoms with E-state index in [2.05, 4.69) is 9.82 Å². The van der Waals surface area contributed by atoms with Gasteiger partial charge in [0.05, 0.1) is 35.7 Å². The second-order valence-electron chi connectivity index (χ2n) is 7.09. The van der Waals surface area contributed by atoms with E-state index in [1.807, 2.05) is 41.8 Å². The molecule has 2 aromatic carbocycles. The topological polar surface area (TPSA) is 88.1 Å². The number of hydrogen-bond acceptors (Lipinski definition) is 6. The van der Waals surface area contributed by atoms with Crippen LogP contribution in [0.4, 0.5) is 5.69 Å². The SMILES string of the molecule is COc1cccc([C@@H]2CC(c3ccccc3NS(C)(=O)=O)=NN2C(=O)c2cccs2)c1. The quantitative estimate of drug-likeness (QED) is 0.606. The summed E-state index contributed by atoms with van der Waals surface area (Å²) in [5.74, 6) is 0.486. The Balaban J connectivity index is 1.77. The molecule has 4 rings (SSSR count). The zero-order valence-electron chi connectivity index (χ0n) is 17.0. The van der Waals surface area contributed by atoms with E-state index in [-0.39, 0.29) is 11.9 Å². The summed E-state index contributed by atoms with van der Waals surface area (Å²) in [6.07, 6.45) is 1.54. The van der Waals surface area contributed by atoms with Gasteiger partial charge in [0.1, 0.15) is 5.75 Å². The predicted octanol–water partition coefficient (Wildman–Crippen LogP) is 4.12. The smallest absolute Gasteiger partial charge is 0.284 e. The molecule has 1 amide bonds. The minimum atomic E-state index is -3.47. The Bertz CT molecular complexity index is 1240. The average Bonchev–Trinajstić information content (AvgIpc) is 3.43. The number of methoxy groups -OCH3 is 1. The van der Waals surface area contributed by atoms with Crippen LogP contribution in [-0.2, 0) is 10.0 Å². The fraction of sp³-hybridized carbons (Fsp3) is 0.182. The van der Waals surface area contributed by atoms with Crippen molar-refractivity contribution in [1.29, 1.82) is 0 Å². The van der Waals surface area contributed by atoms with Gasteiger partial charge in [0.2, 0.25) is 10.0 Å². The average molecular weight is 456 g/mol. The number of amides is 1. The van der Waals surface area contributed by atoms with Gasteiger partial charge < -0.3 is 4.74 Å². The molecule has 0 radical (unpaired) electrons. The van der Waals surface area contributed by atoms with Crippen LogP contribution in [-0.4, -0.2) is 38.4 Å². The highest BCUT2D eigenvalue weighted by molar-refractivity contribution is 7.92. The first-order valence-corrected chi connectivity index (χ1v) is 12.3. The van der Waals surface area contributed by atoms with Crippen molar-refractivity contribution >= 4 is 38.7 Å². The summed E-state index contributed by atoms with van der Waals surface area (Å²) in [6, 6.07) is 17.8. The van der Waals surface area contributed by atoms with Crippen LogP contribution >= 0.6 is 11.3 Å². The Labute approximate surface area is 185 Å². The van der Waals surface area contributed by atoms with Crippen molar-refractivity contribution in [2.24, 2.45) is 5.10 Å². The first-order chi connectivity index (χ1) is 14.9. The highest BCUT2D eigenvalue weighted by Gasteiger charge is 2.35. The van der Waals surface area contributed by atoms with Crippen molar-refractivity contribution in [3.8, 4) is 5.75 Å². The number of nitrogens with zero attached hydrogens (tertiary/aromatic N) is 2. The van der Waals surface area contributed by atoms with Crippen LogP contribution in [0.3, 0.4) is 0 Å². The minimum Gasteiger partial charge on any atom is -0.497 e. The molecule has 9 heteroatoms. The van der Waals surface area contributed by atoms with E-state index in [1.54, 1.807) is 31.4 Å². The maximum Gasteiger partial charge on any atom is 0.284 e. The molecule has 0 unspecified atom stereocenters. The molecule has 7 nitrogen and oxygen atoms in total. The van der Waals surface area contributed by atoms with Gasteiger partial charge in [-0.3, -0.25) is 9.52 Å². The van der Waals surface area contributed by atoms with Crippen molar-refractivity contribution in [2.45, 2.75) is 12.5 Å². The summed E-state index contributed by atoms with van der Waals surface area (Å²) in [4.78, 5) is 13.8. The molecule has 0 saturated heterocycles. The van der Waals surface area contributed by atoms with Gasteiger partial charge in [-0.1, -0.05) is 36.4 Å².